The Morgan fingerprint density at radius 1 is 1.47 bits per heavy atom. The van der Waals surface area contributed by atoms with Crippen molar-refractivity contribution in [2.75, 3.05) is 18.0 Å². The Kier molecular flexibility index (Phi) is 3.20. The summed E-state index contributed by atoms with van der Waals surface area (Å²) in [4.78, 5) is 2.47. The standard InChI is InChI=1S/C13H18ClN/c1-10-5-6-15(9-10)13-4-3-12(8-14)11(2)7-13/h3-4,7,10H,5-6,8-9H2,1-2H3. The van der Waals surface area contributed by atoms with Crippen LogP contribution in [0.4, 0.5) is 5.69 Å². The summed E-state index contributed by atoms with van der Waals surface area (Å²) in [7, 11) is 0. The Morgan fingerprint density at radius 2 is 2.27 bits per heavy atom. The van der Waals surface area contributed by atoms with Gasteiger partial charge in [0.15, 0.2) is 0 Å². The maximum Gasteiger partial charge on any atom is 0.0476 e. The van der Waals surface area contributed by atoms with E-state index in [1.165, 1.54) is 36.3 Å². The Balaban J connectivity index is 2.19. The maximum absolute atomic E-state index is 5.85. The molecule has 1 saturated heterocycles. The molecule has 1 aromatic carbocycles. The lowest BCUT2D eigenvalue weighted by atomic mass is 10.1. The number of alkyl halides is 1. The van der Waals surface area contributed by atoms with Crippen LogP contribution in [0.1, 0.15) is 24.5 Å². The summed E-state index contributed by atoms with van der Waals surface area (Å²) in [6.45, 7) is 6.85. The summed E-state index contributed by atoms with van der Waals surface area (Å²) >= 11 is 5.85. The molecule has 1 aliphatic rings. The van der Waals surface area contributed by atoms with E-state index in [4.69, 9.17) is 11.6 Å². The highest BCUT2D eigenvalue weighted by atomic mass is 35.5. The summed E-state index contributed by atoms with van der Waals surface area (Å²) in [5.74, 6) is 1.45. The monoisotopic (exact) mass is 223 g/mol. The zero-order valence-corrected chi connectivity index (χ0v) is 10.2. The zero-order valence-electron chi connectivity index (χ0n) is 9.46. The van der Waals surface area contributed by atoms with Crippen LogP contribution < -0.4 is 4.90 Å². The molecule has 1 unspecified atom stereocenters. The fourth-order valence-corrected chi connectivity index (χ4v) is 2.50. The van der Waals surface area contributed by atoms with Gasteiger partial charge in [0, 0.05) is 24.7 Å². The molecule has 1 nitrogen and oxygen atoms in total. The summed E-state index contributed by atoms with van der Waals surface area (Å²) < 4.78 is 0. The van der Waals surface area contributed by atoms with Gasteiger partial charge in [-0.25, -0.2) is 0 Å². The Morgan fingerprint density at radius 3 is 2.80 bits per heavy atom. The predicted molar refractivity (Wildman–Crippen MR) is 66.7 cm³/mol. The Bertz CT molecular complexity index is 348. The van der Waals surface area contributed by atoms with Crippen LogP contribution in [0.15, 0.2) is 18.2 Å². The van der Waals surface area contributed by atoms with E-state index in [-0.39, 0.29) is 0 Å². The zero-order chi connectivity index (χ0) is 10.8. The van der Waals surface area contributed by atoms with Crippen LogP contribution in [-0.4, -0.2) is 13.1 Å². The quantitative estimate of drug-likeness (QED) is 0.693. The van der Waals surface area contributed by atoms with E-state index in [9.17, 15) is 0 Å². The van der Waals surface area contributed by atoms with E-state index in [0.717, 1.165) is 5.92 Å². The molecule has 82 valence electrons. The van der Waals surface area contributed by atoms with E-state index in [2.05, 4.69) is 36.9 Å². The highest BCUT2D eigenvalue weighted by Crippen LogP contribution is 2.25. The molecule has 15 heavy (non-hydrogen) atoms. The average molecular weight is 224 g/mol. The van der Waals surface area contributed by atoms with Crippen LogP contribution in [0, 0.1) is 12.8 Å². The first-order chi connectivity index (χ1) is 7.20. The molecular weight excluding hydrogens is 206 g/mol. The normalized spacial score (nSPS) is 21.0. The van der Waals surface area contributed by atoms with Crippen molar-refractivity contribution in [1.82, 2.24) is 0 Å². The third kappa shape index (κ3) is 2.28. The van der Waals surface area contributed by atoms with Crippen molar-refractivity contribution >= 4 is 17.3 Å². The lowest BCUT2D eigenvalue weighted by molar-refractivity contribution is 0.659. The van der Waals surface area contributed by atoms with Crippen LogP contribution in [0.3, 0.4) is 0 Å². The van der Waals surface area contributed by atoms with Gasteiger partial charge in [-0.05, 0) is 42.5 Å². The number of hydrogen-bond acceptors (Lipinski definition) is 1. The Labute approximate surface area is 97.0 Å². The smallest absolute Gasteiger partial charge is 0.0476 e. The van der Waals surface area contributed by atoms with Gasteiger partial charge in [-0.3, -0.25) is 0 Å². The largest absolute Gasteiger partial charge is 0.371 e. The third-order valence-corrected chi connectivity index (χ3v) is 3.55. The number of nitrogens with zero attached hydrogens (tertiary/aromatic N) is 1. The van der Waals surface area contributed by atoms with E-state index < -0.39 is 0 Å². The molecule has 0 spiro atoms. The molecule has 0 radical (unpaired) electrons. The van der Waals surface area contributed by atoms with Crippen molar-refractivity contribution < 1.29 is 0 Å². The van der Waals surface area contributed by atoms with E-state index in [0.29, 0.717) is 5.88 Å². The number of rotatable bonds is 2. The molecule has 0 N–H and O–H groups in total. The average Bonchev–Trinajstić information content (AvgIpc) is 2.65. The van der Waals surface area contributed by atoms with Crippen LogP contribution in [0.25, 0.3) is 0 Å². The van der Waals surface area contributed by atoms with Gasteiger partial charge < -0.3 is 4.90 Å². The van der Waals surface area contributed by atoms with Gasteiger partial charge >= 0.3 is 0 Å². The summed E-state index contributed by atoms with van der Waals surface area (Å²) in [5.41, 5.74) is 3.90. The van der Waals surface area contributed by atoms with Gasteiger partial charge in [0.25, 0.3) is 0 Å². The molecule has 1 fully saturated rings. The second-order valence-corrected chi connectivity index (χ2v) is 4.85. The Hall–Kier alpha value is -0.690. The molecule has 1 heterocycles. The molecule has 0 aromatic heterocycles. The minimum absolute atomic E-state index is 0.614. The summed E-state index contributed by atoms with van der Waals surface area (Å²) in [5, 5.41) is 0. The molecule has 0 saturated carbocycles. The first-order valence-corrected chi connectivity index (χ1v) is 6.14. The fourth-order valence-electron chi connectivity index (χ4n) is 2.20. The third-order valence-electron chi connectivity index (χ3n) is 3.26. The number of aryl methyl sites for hydroxylation is 1. The molecule has 2 rings (SSSR count). The van der Waals surface area contributed by atoms with Gasteiger partial charge in [-0.15, -0.1) is 11.6 Å². The SMILES string of the molecule is Cc1cc(N2CCC(C)C2)ccc1CCl. The molecule has 1 aromatic rings. The lowest BCUT2D eigenvalue weighted by Crippen LogP contribution is -2.19. The van der Waals surface area contributed by atoms with Gasteiger partial charge in [-0.1, -0.05) is 13.0 Å². The second-order valence-electron chi connectivity index (χ2n) is 4.58. The van der Waals surface area contributed by atoms with Crippen LogP contribution in [-0.2, 0) is 5.88 Å². The van der Waals surface area contributed by atoms with Crippen molar-refractivity contribution in [3.63, 3.8) is 0 Å². The van der Waals surface area contributed by atoms with Crippen molar-refractivity contribution in [1.29, 1.82) is 0 Å². The van der Waals surface area contributed by atoms with Gasteiger partial charge in [-0.2, -0.15) is 0 Å². The lowest BCUT2D eigenvalue weighted by Gasteiger charge is -2.19. The predicted octanol–water partition coefficient (Wildman–Crippen LogP) is 3.58. The second kappa shape index (κ2) is 4.44. The topological polar surface area (TPSA) is 3.24 Å². The number of anilines is 1. The van der Waals surface area contributed by atoms with Crippen molar-refractivity contribution in [3.8, 4) is 0 Å². The molecule has 1 aliphatic heterocycles. The minimum Gasteiger partial charge on any atom is -0.371 e. The van der Waals surface area contributed by atoms with Gasteiger partial charge in [0.05, 0.1) is 0 Å². The first kappa shape index (κ1) is 10.8. The van der Waals surface area contributed by atoms with Crippen molar-refractivity contribution in [2.24, 2.45) is 5.92 Å². The summed E-state index contributed by atoms with van der Waals surface area (Å²) in [6, 6.07) is 6.61. The van der Waals surface area contributed by atoms with E-state index >= 15 is 0 Å². The minimum atomic E-state index is 0.614. The number of hydrogen-bond donors (Lipinski definition) is 0. The highest BCUT2D eigenvalue weighted by Gasteiger charge is 2.18. The van der Waals surface area contributed by atoms with Gasteiger partial charge in [0.2, 0.25) is 0 Å². The van der Waals surface area contributed by atoms with Crippen LogP contribution in [0.5, 0.6) is 0 Å². The van der Waals surface area contributed by atoms with Crippen LogP contribution >= 0.6 is 11.6 Å². The maximum atomic E-state index is 5.85. The number of benzene rings is 1. The van der Waals surface area contributed by atoms with E-state index in [1.54, 1.807) is 0 Å². The molecular formula is C13H18ClN. The van der Waals surface area contributed by atoms with Crippen molar-refractivity contribution in [3.05, 3.63) is 29.3 Å². The fraction of sp³-hybridized carbons (Fsp3) is 0.538. The molecule has 0 amide bonds. The number of halogens is 1. The first-order valence-electron chi connectivity index (χ1n) is 5.61. The van der Waals surface area contributed by atoms with Gasteiger partial charge in [0.1, 0.15) is 0 Å². The molecule has 1 atom stereocenters. The summed E-state index contributed by atoms with van der Waals surface area (Å²) in [6.07, 6.45) is 1.32. The molecule has 0 aliphatic carbocycles. The van der Waals surface area contributed by atoms with E-state index in [1.807, 2.05) is 0 Å². The molecule has 2 heteroatoms. The highest BCUT2D eigenvalue weighted by molar-refractivity contribution is 6.17. The van der Waals surface area contributed by atoms with Crippen LogP contribution in [0.2, 0.25) is 0 Å². The van der Waals surface area contributed by atoms with Crippen molar-refractivity contribution in [2.45, 2.75) is 26.1 Å². The molecule has 0 bridgehead atoms.